The molecule has 1 saturated heterocycles. The van der Waals surface area contributed by atoms with Crippen molar-refractivity contribution in [2.24, 2.45) is 5.92 Å². The Kier molecular flexibility index (Phi) is 6.02. The van der Waals surface area contributed by atoms with Crippen molar-refractivity contribution in [1.82, 2.24) is 10.1 Å². The van der Waals surface area contributed by atoms with Crippen LogP contribution in [0.4, 0.5) is 17.4 Å². The van der Waals surface area contributed by atoms with Gasteiger partial charge in [-0.3, -0.25) is 14.9 Å². The molecule has 1 N–H and O–H groups in total. The zero-order valence-corrected chi connectivity index (χ0v) is 17.8. The van der Waals surface area contributed by atoms with Crippen LogP contribution >= 0.6 is 0 Å². The number of aromatic nitrogens is 2. The second-order valence-corrected chi connectivity index (χ2v) is 7.59. The standard InChI is InChI=1S/C22H23N5O5/c1-14-18(4-3-5-19(14)27(29)30)23-21(28)16-10-12-26(13-11-16)22-24-20(25-32-22)15-6-8-17(31-2)9-7-15/h3-9,16H,10-13H2,1-2H3,(H,23,28). The number of nitro benzene ring substituents is 1. The molecule has 1 aliphatic rings. The van der Waals surface area contributed by atoms with Crippen molar-refractivity contribution in [2.45, 2.75) is 19.8 Å². The summed E-state index contributed by atoms with van der Waals surface area (Å²) in [5.74, 6) is 0.897. The number of nitrogens with one attached hydrogen (secondary N) is 1. The molecule has 1 aromatic heterocycles. The van der Waals surface area contributed by atoms with E-state index in [2.05, 4.69) is 15.5 Å². The molecule has 32 heavy (non-hydrogen) atoms. The fourth-order valence-electron chi connectivity index (χ4n) is 3.73. The molecule has 3 aromatic rings. The molecule has 0 atom stereocenters. The van der Waals surface area contributed by atoms with Gasteiger partial charge >= 0.3 is 6.01 Å². The third-order valence-corrected chi connectivity index (χ3v) is 5.66. The smallest absolute Gasteiger partial charge is 0.324 e. The molecule has 0 bridgehead atoms. The van der Waals surface area contributed by atoms with Gasteiger partial charge in [-0.2, -0.15) is 4.98 Å². The number of carbonyl (C=O) groups is 1. The average molecular weight is 437 g/mol. The van der Waals surface area contributed by atoms with Crippen LogP contribution in [0, 0.1) is 23.0 Å². The van der Waals surface area contributed by atoms with Crippen LogP contribution in [0.25, 0.3) is 11.4 Å². The zero-order valence-electron chi connectivity index (χ0n) is 17.8. The first-order valence-corrected chi connectivity index (χ1v) is 10.2. The molecule has 166 valence electrons. The van der Waals surface area contributed by atoms with E-state index in [0.29, 0.717) is 49.0 Å². The highest BCUT2D eigenvalue weighted by Gasteiger charge is 2.28. The minimum Gasteiger partial charge on any atom is -0.497 e. The molecular weight excluding hydrogens is 414 g/mol. The lowest BCUT2D eigenvalue weighted by molar-refractivity contribution is -0.385. The summed E-state index contributed by atoms with van der Waals surface area (Å²) in [4.78, 5) is 29.8. The maximum atomic E-state index is 12.7. The fraction of sp³-hybridized carbons (Fsp3) is 0.318. The van der Waals surface area contributed by atoms with Crippen LogP contribution in [0.2, 0.25) is 0 Å². The number of hydrogen-bond acceptors (Lipinski definition) is 8. The van der Waals surface area contributed by atoms with Crippen molar-refractivity contribution in [3.05, 3.63) is 58.1 Å². The van der Waals surface area contributed by atoms with Gasteiger partial charge in [-0.15, -0.1) is 0 Å². The lowest BCUT2D eigenvalue weighted by Crippen LogP contribution is -2.38. The van der Waals surface area contributed by atoms with Crippen LogP contribution in [0.3, 0.4) is 0 Å². The van der Waals surface area contributed by atoms with E-state index < -0.39 is 4.92 Å². The van der Waals surface area contributed by atoms with Gasteiger partial charge in [0.1, 0.15) is 5.75 Å². The average Bonchev–Trinajstić information content (AvgIpc) is 3.30. The summed E-state index contributed by atoms with van der Waals surface area (Å²) in [6.07, 6.45) is 1.22. The highest BCUT2D eigenvalue weighted by atomic mass is 16.6. The van der Waals surface area contributed by atoms with E-state index in [4.69, 9.17) is 9.26 Å². The Balaban J connectivity index is 1.36. The lowest BCUT2D eigenvalue weighted by Gasteiger charge is -2.29. The SMILES string of the molecule is COc1ccc(-c2noc(N3CCC(C(=O)Nc4cccc([N+](=O)[O-])c4C)CC3)n2)cc1. The van der Waals surface area contributed by atoms with E-state index in [0.717, 1.165) is 11.3 Å². The number of carbonyl (C=O) groups excluding carboxylic acids is 1. The molecule has 2 aromatic carbocycles. The zero-order chi connectivity index (χ0) is 22.7. The minimum absolute atomic E-state index is 0.0123. The number of rotatable bonds is 6. The highest BCUT2D eigenvalue weighted by Crippen LogP contribution is 2.28. The molecule has 1 amide bonds. The first kappa shape index (κ1) is 21.3. The second-order valence-electron chi connectivity index (χ2n) is 7.59. The van der Waals surface area contributed by atoms with E-state index in [1.807, 2.05) is 29.2 Å². The molecule has 10 nitrogen and oxygen atoms in total. The number of methoxy groups -OCH3 is 1. The monoisotopic (exact) mass is 437 g/mol. The molecule has 0 saturated carbocycles. The Bertz CT molecular complexity index is 1120. The molecule has 0 unspecified atom stereocenters. The topological polar surface area (TPSA) is 124 Å². The van der Waals surface area contributed by atoms with Crippen LogP contribution in [-0.2, 0) is 4.79 Å². The predicted octanol–water partition coefficient (Wildman–Crippen LogP) is 3.82. The number of anilines is 2. The van der Waals surface area contributed by atoms with Crippen molar-refractivity contribution in [3.63, 3.8) is 0 Å². The van der Waals surface area contributed by atoms with E-state index in [1.165, 1.54) is 6.07 Å². The largest absolute Gasteiger partial charge is 0.497 e. The van der Waals surface area contributed by atoms with Gasteiger partial charge in [-0.05, 0) is 50.1 Å². The molecule has 10 heteroatoms. The maximum absolute atomic E-state index is 12.7. The Morgan fingerprint density at radius 1 is 1.22 bits per heavy atom. The summed E-state index contributed by atoms with van der Waals surface area (Å²) in [5, 5.41) is 18.0. The Morgan fingerprint density at radius 2 is 1.94 bits per heavy atom. The summed E-state index contributed by atoms with van der Waals surface area (Å²) in [6, 6.07) is 12.5. The van der Waals surface area contributed by atoms with Gasteiger partial charge in [0.25, 0.3) is 5.69 Å². The van der Waals surface area contributed by atoms with E-state index in [1.54, 1.807) is 26.2 Å². The first-order chi connectivity index (χ1) is 15.5. The fourth-order valence-corrected chi connectivity index (χ4v) is 3.73. The highest BCUT2D eigenvalue weighted by molar-refractivity contribution is 5.94. The van der Waals surface area contributed by atoms with Crippen molar-refractivity contribution in [3.8, 4) is 17.1 Å². The lowest BCUT2D eigenvalue weighted by atomic mass is 9.96. The Morgan fingerprint density at radius 3 is 2.59 bits per heavy atom. The van der Waals surface area contributed by atoms with Gasteiger partial charge in [-0.1, -0.05) is 11.2 Å². The molecule has 2 heterocycles. The van der Waals surface area contributed by atoms with Gasteiger partial charge in [-0.25, -0.2) is 0 Å². The normalized spacial score (nSPS) is 14.2. The first-order valence-electron chi connectivity index (χ1n) is 10.2. The molecule has 0 radical (unpaired) electrons. The molecule has 1 aliphatic heterocycles. The summed E-state index contributed by atoms with van der Waals surface area (Å²) < 4.78 is 10.6. The molecule has 1 fully saturated rings. The number of piperidine rings is 1. The summed E-state index contributed by atoms with van der Waals surface area (Å²) in [6.45, 7) is 2.82. The van der Waals surface area contributed by atoms with Gasteiger partial charge in [0.05, 0.1) is 23.3 Å². The maximum Gasteiger partial charge on any atom is 0.324 e. The predicted molar refractivity (Wildman–Crippen MR) is 118 cm³/mol. The number of ether oxygens (including phenoxy) is 1. The second kappa shape index (κ2) is 9.04. The van der Waals surface area contributed by atoms with Crippen LogP contribution in [0.5, 0.6) is 5.75 Å². The number of benzene rings is 2. The number of nitro groups is 1. The van der Waals surface area contributed by atoms with Gasteiger partial charge in [0.2, 0.25) is 11.7 Å². The number of hydrogen-bond donors (Lipinski definition) is 1. The van der Waals surface area contributed by atoms with Crippen LogP contribution in [0.15, 0.2) is 47.0 Å². The van der Waals surface area contributed by atoms with Crippen LogP contribution in [-0.4, -0.2) is 41.2 Å². The molecule has 4 rings (SSSR count). The molecular formula is C22H23N5O5. The Hall–Kier alpha value is -3.95. The third-order valence-electron chi connectivity index (χ3n) is 5.66. The summed E-state index contributed by atoms with van der Waals surface area (Å²) >= 11 is 0. The van der Waals surface area contributed by atoms with E-state index in [9.17, 15) is 14.9 Å². The van der Waals surface area contributed by atoms with Gasteiger partial charge in [0, 0.05) is 30.6 Å². The van der Waals surface area contributed by atoms with Crippen LogP contribution in [0.1, 0.15) is 18.4 Å². The van der Waals surface area contributed by atoms with E-state index >= 15 is 0 Å². The summed E-state index contributed by atoms with van der Waals surface area (Å²) in [5.41, 5.74) is 1.72. The van der Waals surface area contributed by atoms with Crippen molar-refractivity contribution in [1.29, 1.82) is 0 Å². The quantitative estimate of drug-likeness (QED) is 0.456. The van der Waals surface area contributed by atoms with Gasteiger partial charge < -0.3 is 19.5 Å². The van der Waals surface area contributed by atoms with Crippen molar-refractivity contribution < 1.29 is 19.0 Å². The van der Waals surface area contributed by atoms with E-state index in [-0.39, 0.29) is 17.5 Å². The third kappa shape index (κ3) is 4.39. The van der Waals surface area contributed by atoms with Crippen molar-refractivity contribution >= 4 is 23.3 Å². The van der Waals surface area contributed by atoms with Gasteiger partial charge in [0.15, 0.2) is 0 Å². The number of nitrogens with zero attached hydrogens (tertiary/aromatic N) is 4. The van der Waals surface area contributed by atoms with Crippen LogP contribution < -0.4 is 15.0 Å². The molecule has 0 spiro atoms. The minimum atomic E-state index is -0.450. The Labute approximate surface area is 184 Å². The van der Waals surface area contributed by atoms with Crippen molar-refractivity contribution in [2.75, 3.05) is 30.4 Å². The number of amides is 1. The summed E-state index contributed by atoms with van der Waals surface area (Å²) in [7, 11) is 1.61. The molecule has 0 aliphatic carbocycles.